The zero-order valence-electron chi connectivity index (χ0n) is 17.4. The van der Waals surface area contributed by atoms with E-state index in [1.165, 1.54) is 23.4 Å². The Kier molecular flexibility index (Phi) is 5.69. The number of amides is 1. The Morgan fingerprint density at radius 2 is 1.55 bits per heavy atom. The number of nitrogens with zero attached hydrogens (tertiary/aromatic N) is 1. The molecule has 0 spiro atoms. The van der Waals surface area contributed by atoms with Crippen LogP contribution in [-0.4, -0.2) is 20.4 Å². The van der Waals surface area contributed by atoms with Gasteiger partial charge in [-0.15, -0.1) is 0 Å². The van der Waals surface area contributed by atoms with Gasteiger partial charge >= 0.3 is 0 Å². The Morgan fingerprint density at radius 3 is 2.23 bits per heavy atom. The lowest BCUT2D eigenvalue weighted by molar-refractivity contribution is -0.114. The van der Waals surface area contributed by atoms with E-state index in [1.807, 2.05) is 61.5 Å². The lowest BCUT2D eigenvalue weighted by Gasteiger charge is -2.40. The molecule has 0 aromatic heterocycles. The van der Waals surface area contributed by atoms with E-state index in [4.69, 9.17) is 0 Å². The molecule has 7 heteroatoms. The number of hydrogen-bond acceptors (Lipinski definition) is 4. The smallest absolute Gasteiger partial charge is 0.264 e. The molecular formula is C24H25N3O3S. The molecule has 31 heavy (non-hydrogen) atoms. The van der Waals surface area contributed by atoms with Crippen LogP contribution in [0.1, 0.15) is 31.9 Å². The second-order valence-corrected chi connectivity index (χ2v) is 9.53. The molecule has 1 amide bonds. The Bertz CT molecular complexity index is 1180. The van der Waals surface area contributed by atoms with Crippen LogP contribution in [-0.2, 0) is 14.8 Å². The summed E-state index contributed by atoms with van der Waals surface area (Å²) in [5.74, 6) is -0.203. The minimum absolute atomic E-state index is 0.00203. The van der Waals surface area contributed by atoms with Crippen molar-refractivity contribution < 1.29 is 13.2 Å². The van der Waals surface area contributed by atoms with Gasteiger partial charge < -0.3 is 10.6 Å². The topological polar surface area (TPSA) is 78.5 Å². The number of carbonyl (C=O) groups is 1. The summed E-state index contributed by atoms with van der Waals surface area (Å²) in [6.07, 6.45) is 0.634. The van der Waals surface area contributed by atoms with Crippen molar-refractivity contribution >= 4 is 33.0 Å². The molecule has 3 aromatic rings. The quantitative estimate of drug-likeness (QED) is 0.604. The van der Waals surface area contributed by atoms with Crippen LogP contribution >= 0.6 is 0 Å². The molecule has 0 radical (unpaired) electrons. The van der Waals surface area contributed by atoms with Crippen molar-refractivity contribution in [2.45, 2.75) is 37.2 Å². The van der Waals surface area contributed by atoms with Crippen LogP contribution in [0.5, 0.6) is 0 Å². The summed E-state index contributed by atoms with van der Waals surface area (Å²) in [6.45, 7) is 3.34. The molecule has 1 aliphatic rings. The van der Waals surface area contributed by atoms with Crippen LogP contribution in [0, 0.1) is 0 Å². The van der Waals surface area contributed by atoms with Crippen molar-refractivity contribution in [2.75, 3.05) is 14.9 Å². The summed E-state index contributed by atoms with van der Waals surface area (Å²) in [5, 5.41) is 6.20. The molecule has 6 nitrogen and oxygen atoms in total. The van der Waals surface area contributed by atoms with E-state index in [0.717, 1.165) is 11.3 Å². The molecule has 1 aliphatic heterocycles. The molecule has 0 bridgehead atoms. The number of rotatable bonds is 5. The second kappa shape index (κ2) is 8.43. The van der Waals surface area contributed by atoms with Crippen LogP contribution in [0.25, 0.3) is 0 Å². The number of benzene rings is 3. The SMILES string of the molecule is CC(=O)Nc1ccc(S(=O)(=O)N2c3ccccc3[C@@H](Nc3ccccc3)C[C@@H]2C)cc1. The number of para-hydroxylation sites is 2. The summed E-state index contributed by atoms with van der Waals surface area (Å²) >= 11 is 0. The van der Waals surface area contributed by atoms with Crippen molar-refractivity contribution in [2.24, 2.45) is 0 Å². The molecule has 2 N–H and O–H groups in total. The van der Waals surface area contributed by atoms with Gasteiger partial charge in [-0.1, -0.05) is 36.4 Å². The van der Waals surface area contributed by atoms with Crippen molar-refractivity contribution in [3.63, 3.8) is 0 Å². The lowest BCUT2D eigenvalue weighted by Crippen LogP contribution is -2.44. The second-order valence-electron chi connectivity index (χ2n) is 7.71. The van der Waals surface area contributed by atoms with Gasteiger partial charge in [0.25, 0.3) is 10.0 Å². The maximum atomic E-state index is 13.6. The molecule has 0 fully saturated rings. The molecule has 0 unspecified atom stereocenters. The molecule has 0 aliphatic carbocycles. The number of sulfonamides is 1. The van der Waals surface area contributed by atoms with E-state index in [1.54, 1.807) is 12.1 Å². The van der Waals surface area contributed by atoms with Gasteiger partial charge in [0.05, 0.1) is 16.6 Å². The number of carbonyl (C=O) groups excluding carboxylic acids is 1. The summed E-state index contributed by atoms with van der Waals surface area (Å²) < 4.78 is 28.7. The van der Waals surface area contributed by atoms with Crippen molar-refractivity contribution in [1.82, 2.24) is 0 Å². The Hall–Kier alpha value is -3.32. The molecule has 3 aromatic carbocycles. The zero-order valence-corrected chi connectivity index (χ0v) is 18.3. The van der Waals surface area contributed by atoms with Gasteiger partial charge in [0.1, 0.15) is 0 Å². The number of nitrogens with one attached hydrogen (secondary N) is 2. The van der Waals surface area contributed by atoms with Crippen LogP contribution in [0.3, 0.4) is 0 Å². The van der Waals surface area contributed by atoms with E-state index in [-0.39, 0.29) is 22.9 Å². The van der Waals surface area contributed by atoms with Crippen molar-refractivity contribution in [1.29, 1.82) is 0 Å². The van der Waals surface area contributed by atoms with E-state index in [0.29, 0.717) is 17.8 Å². The average Bonchev–Trinajstić information content (AvgIpc) is 2.74. The molecule has 0 saturated carbocycles. The number of hydrogen-bond donors (Lipinski definition) is 2. The first-order valence-corrected chi connectivity index (χ1v) is 11.6. The van der Waals surface area contributed by atoms with Gasteiger partial charge in [-0.05, 0) is 61.4 Å². The van der Waals surface area contributed by atoms with Gasteiger partial charge in [0, 0.05) is 24.3 Å². The first kappa shape index (κ1) is 20.9. The first-order valence-electron chi connectivity index (χ1n) is 10.2. The fourth-order valence-corrected chi connectivity index (χ4v) is 5.74. The molecule has 160 valence electrons. The van der Waals surface area contributed by atoms with Gasteiger partial charge in [0.15, 0.2) is 0 Å². The maximum absolute atomic E-state index is 13.6. The average molecular weight is 436 g/mol. The van der Waals surface area contributed by atoms with Gasteiger partial charge in [-0.3, -0.25) is 9.10 Å². The van der Waals surface area contributed by atoms with Crippen molar-refractivity contribution in [3.8, 4) is 0 Å². The van der Waals surface area contributed by atoms with Crippen LogP contribution in [0.2, 0.25) is 0 Å². The fraction of sp³-hybridized carbons (Fsp3) is 0.208. The lowest BCUT2D eigenvalue weighted by atomic mass is 9.93. The van der Waals surface area contributed by atoms with Crippen LogP contribution < -0.4 is 14.9 Å². The normalized spacial score (nSPS) is 18.2. The number of fused-ring (bicyclic) bond motifs is 1. The highest BCUT2D eigenvalue weighted by Gasteiger charge is 2.37. The monoisotopic (exact) mass is 435 g/mol. The third-order valence-electron chi connectivity index (χ3n) is 5.37. The Morgan fingerprint density at radius 1 is 0.903 bits per heavy atom. The van der Waals surface area contributed by atoms with E-state index in [2.05, 4.69) is 10.6 Å². The number of anilines is 3. The molecule has 0 saturated heterocycles. The Labute approximate surface area is 183 Å². The zero-order chi connectivity index (χ0) is 22.0. The fourth-order valence-electron chi connectivity index (χ4n) is 4.05. The van der Waals surface area contributed by atoms with Crippen LogP contribution in [0.4, 0.5) is 17.1 Å². The largest absolute Gasteiger partial charge is 0.378 e. The van der Waals surface area contributed by atoms with E-state index >= 15 is 0 Å². The predicted molar refractivity (Wildman–Crippen MR) is 124 cm³/mol. The molecule has 2 atom stereocenters. The summed E-state index contributed by atoms with van der Waals surface area (Å²) in [5.41, 5.74) is 3.19. The van der Waals surface area contributed by atoms with Gasteiger partial charge in [-0.25, -0.2) is 8.42 Å². The predicted octanol–water partition coefficient (Wildman–Crippen LogP) is 4.79. The van der Waals surface area contributed by atoms with Gasteiger partial charge in [0.2, 0.25) is 5.91 Å². The third kappa shape index (κ3) is 4.27. The summed E-state index contributed by atoms with van der Waals surface area (Å²) in [6, 6.07) is 23.6. The van der Waals surface area contributed by atoms with E-state index < -0.39 is 10.0 Å². The minimum atomic E-state index is -3.77. The van der Waals surface area contributed by atoms with Gasteiger partial charge in [-0.2, -0.15) is 0 Å². The van der Waals surface area contributed by atoms with Crippen LogP contribution in [0.15, 0.2) is 83.8 Å². The molecule has 1 heterocycles. The summed E-state index contributed by atoms with van der Waals surface area (Å²) in [7, 11) is -3.77. The summed E-state index contributed by atoms with van der Waals surface area (Å²) in [4.78, 5) is 11.4. The maximum Gasteiger partial charge on any atom is 0.264 e. The first-order chi connectivity index (χ1) is 14.9. The Balaban J connectivity index is 1.69. The standard InChI is InChI=1S/C24H25N3O3S/c1-17-16-23(26-19-8-4-3-5-9-19)22-10-6-7-11-24(22)27(17)31(29,30)21-14-12-20(13-15-21)25-18(2)28/h3-15,17,23,26H,16H2,1-2H3,(H,25,28)/t17-,23-/m0/s1. The van der Waals surface area contributed by atoms with Crippen molar-refractivity contribution in [3.05, 3.63) is 84.4 Å². The third-order valence-corrected chi connectivity index (χ3v) is 7.32. The molecular weight excluding hydrogens is 410 g/mol. The highest BCUT2D eigenvalue weighted by Crippen LogP contribution is 2.41. The molecule has 4 rings (SSSR count). The van der Waals surface area contributed by atoms with E-state index in [9.17, 15) is 13.2 Å². The minimum Gasteiger partial charge on any atom is -0.378 e. The highest BCUT2D eigenvalue weighted by molar-refractivity contribution is 7.92. The highest BCUT2D eigenvalue weighted by atomic mass is 32.2.